The van der Waals surface area contributed by atoms with Crippen LogP contribution in [0.15, 0.2) is 30.9 Å². The van der Waals surface area contributed by atoms with Crippen LogP contribution in [0.2, 0.25) is 0 Å². The number of hydrogen-bond acceptors (Lipinski definition) is 7. The van der Waals surface area contributed by atoms with Gasteiger partial charge in [0.2, 0.25) is 5.95 Å². The van der Waals surface area contributed by atoms with E-state index >= 15 is 0 Å². The highest BCUT2D eigenvalue weighted by molar-refractivity contribution is 5.92. The van der Waals surface area contributed by atoms with Crippen molar-refractivity contribution in [2.24, 2.45) is 0 Å². The van der Waals surface area contributed by atoms with E-state index in [4.69, 9.17) is 0 Å². The van der Waals surface area contributed by atoms with Crippen molar-refractivity contribution in [2.75, 3.05) is 36.4 Å². The molecule has 0 bridgehead atoms. The number of carbonyl (C=O) groups excluding carboxylic acids is 1. The maximum Gasteiger partial charge on any atom is 0.274 e. The van der Waals surface area contributed by atoms with Crippen LogP contribution in [0, 0.1) is 0 Å². The second kappa shape index (κ2) is 7.87. The third kappa shape index (κ3) is 4.20. The Kier molecular flexibility index (Phi) is 5.37. The van der Waals surface area contributed by atoms with E-state index in [1.165, 1.54) is 0 Å². The Balaban J connectivity index is 1.57. The van der Waals surface area contributed by atoms with Gasteiger partial charge in [0.1, 0.15) is 11.5 Å². The van der Waals surface area contributed by atoms with E-state index in [1.807, 2.05) is 0 Å². The number of carbonyl (C=O) groups is 1. The van der Waals surface area contributed by atoms with Crippen LogP contribution in [-0.4, -0.2) is 63.0 Å². The average Bonchev–Trinajstić information content (AvgIpc) is 2.69. The van der Waals surface area contributed by atoms with E-state index in [0.29, 0.717) is 49.7 Å². The van der Waals surface area contributed by atoms with Crippen molar-refractivity contribution in [1.29, 1.82) is 0 Å². The number of aromatic nitrogens is 4. The molecule has 0 spiro atoms. The highest BCUT2D eigenvalue weighted by atomic mass is 16.2. The number of nitrogens with one attached hydrogen (secondary N) is 1. The molecule has 0 aliphatic carbocycles. The fourth-order valence-corrected chi connectivity index (χ4v) is 2.59. The molecular formula is C17H23N7O. The van der Waals surface area contributed by atoms with Crippen LogP contribution in [0.3, 0.4) is 0 Å². The molecule has 0 saturated carbocycles. The average molecular weight is 341 g/mol. The fraction of sp³-hybridized carbons (Fsp3) is 0.471. The summed E-state index contributed by atoms with van der Waals surface area (Å²) in [5.41, 5.74) is 0.374. The predicted molar refractivity (Wildman–Crippen MR) is 95.6 cm³/mol. The van der Waals surface area contributed by atoms with Crippen LogP contribution >= 0.6 is 0 Å². The summed E-state index contributed by atoms with van der Waals surface area (Å²) in [6.07, 6.45) is 7.61. The Morgan fingerprint density at radius 2 is 1.84 bits per heavy atom. The van der Waals surface area contributed by atoms with E-state index < -0.39 is 0 Å². The van der Waals surface area contributed by atoms with Crippen LogP contribution in [-0.2, 0) is 0 Å². The molecule has 1 atom stereocenters. The number of amides is 1. The van der Waals surface area contributed by atoms with Gasteiger partial charge in [0.25, 0.3) is 5.91 Å². The highest BCUT2D eigenvalue weighted by Gasteiger charge is 2.24. The van der Waals surface area contributed by atoms with Gasteiger partial charge in [0.05, 0.1) is 12.4 Å². The number of rotatable bonds is 5. The third-order valence-corrected chi connectivity index (χ3v) is 4.28. The summed E-state index contributed by atoms with van der Waals surface area (Å²) in [6.45, 7) is 6.82. The van der Waals surface area contributed by atoms with Crippen LogP contribution in [0.4, 0.5) is 11.8 Å². The number of piperazine rings is 1. The van der Waals surface area contributed by atoms with E-state index in [0.717, 1.165) is 6.42 Å². The summed E-state index contributed by atoms with van der Waals surface area (Å²) >= 11 is 0. The molecule has 1 N–H and O–H groups in total. The topological polar surface area (TPSA) is 87.1 Å². The summed E-state index contributed by atoms with van der Waals surface area (Å²) in [5, 5.41) is 3.24. The van der Waals surface area contributed by atoms with Crippen molar-refractivity contribution in [3.63, 3.8) is 0 Å². The maximum absolute atomic E-state index is 12.6. The molecule has 3 rings (SSSR count). The van der Waals surface area contributed by atoms with Gasteiger partial charge in [-0.05, 0) is 19.4 Å². The van der Waals surface area contributed by atoms with Gasteiger partial charge in [0, 0.05) is 44.6 Å². The summed E-state index contributed by atoms with van der Waals surface area (Å²) in [4.78, 5) is 33.5. The summed E-state index contributed by atoms with van der Waals surface area (Å²) < 4.78 is 0. The standard InChI is InChI=1S/C17H23N7O/c1-3-13(2)22-15-12-20-14(11-21-15)16(25)23-7-9-24(10-8-23)17-18-5-4-6-19-17/h4-6,11-13H,3,7-10H2,1-2H3,(H,21,22). The molecule has 8 heteroatoms. The van der Waals surface area contributed by atoms with E-state index in [1.54, 1.807) is 35.8 Å². The predicted octanol–water partition coefficient (Wildman–Crippen LogP) is 1.44. The van der Waals surface area contributed by atoms with E-state index in [9.17, 15) is 4.79 Å². The molecule has 8 nitrogen and oxygen atoms in total. The van der Waals surface area contributed by atoms with Gasteiger partial charge < -0.3 is 15.1 Å². The second-order valence-corrected chi connectivity index (χ2v) is 6.07. The van der Waals surface area contributed by atoms with Crippen LogP contribution < -0.4 is 10.2 Å². The van der Waals surface area contributed by atoms with Gasteiger partial charge >= 0.3 is 0 Å². The summed E-state index contributed by atoms with van der Waals surface area (Å²) in [7, 11) is 0. The molecule has 2 aromatic heterocycles. The molecule has 3 heterocycles. The first-order valence-electron chi connectivity index (χ1n) is 8.57. The van der Waals surface area contributed by atoms with Gasteiger partial charge in [-0.3, -0.25) is 4.79 Å². The minimum Gasteiger partial charge on any atom is -0.366 e. The Hall–Kier alpha value is -2.77. The molecule has 132 valence electrons. The molecule has 0 radical (unpaired) electrons. The Bertz CT molecular complexity index is 684. The van der Waals surface area contributed by atoms with Crippen LogP contribution in [0.1, 0.15) is 30.8 Å². The number of anilines is 2. The number of hydrogen-bond donors (Lipinski definition) is 1. The second-order valence-electron chi connectivity index (χ2n) is 6.07. The van der Waals surface area contributed by atoms with Crippen LogP contribution in [0.25, 0.3) is 0 Å². The Morgan fingerprint density at radius 3 is 2.44 bits per heavy atom. The smallest absolute Gasteiger partial charge is 0.274 e. The van der Waals surface area contributed by atoms with Gasteiger partial charge in [-0.25, -0.2) is 19.9 Å². The molecule has 1 fully saturated rings. The lowest BCUT2D eigenvalue weighted by Crippen LogP contribution is -2.49. The fourth-order valence-electron chi connectivity index (χ4n) is 2.59. The van der Waals surface area contributed by atoms with Crippen molar-refractivity contribution in [1.82, 2.24) is 24.8 Å². The third-order valence-electron chi connectivity index (χ3n) is 4.28. The quantitative estimate of drug-likeness (QED) is 0.880. The summed E-state index contributed by atoms with van der Waals surface area (Å²) in [5.74, 6) is 1.31. The van der Waals surface area contributed by atoms with Gasteiger partial charge in [0.15, 0.2) is 0 Å². The normalized spacial score (nSPS) is 15.8. The maximum atomic E-state index is 12.6. The molecule has 1 aliphatic rings. The van der Waals surface area contributed by atoms with Gasteiger partial charge in [-0.1, -0.05) is 6.92 Å². The minimum atomic E-state index is -0.0868. The monoisotopic (exact) mass is 341 g/mol. The first-order valence-corrected chi connectivity index (χ1v) is 8.57. The lowest BCUT2D eigenvalue weighted by atomic mass is 10.2. The zero-order valence-corrected chi connectivity index (χ0v) is 14.6. The Morgan fingerprint density at radius 1 is 1.12 bits per heavy atom. The van der Waals surface area contributed by atoms with E-state index in [2.05, 4.69) is 44.0 Å². The molecular weight excluding hydrogens is 318 g/mol. The van der Waals surface area contributed by atoms with Crippen molar-refractivity contribution < 1.29 is 4.79 Å². The van der Waals surface area contributed by atoms with Gasteiger partial charge in [-0.15, -0.1) is 0 Å². The van der Waals surface area contributed by atoms with E-state index in [-0.39, 0.29) is 5.91 Å². The molecule has 1 amide bonds. The molecule has 1 saturated heterocycles. The Labute approximate surface area is 147 Å². The lowest BCUT2D eigenvalue weighted by Gasteiger charge is -2.34. The molecule has 0 aromatic carbocycles. The first-order chi connectivity index (χ1) is 12.2. The lowest BCUT2D eigenvalue weighted by molar-refractivity contribution is 0.0740. The molecule has 1 aliphatic heterocycles. The van der Waals surface area contributed by atoms with Crippen LogP contribution in [0.5, 0.6) is 0 Å². The van der Waals surface area contributed by atoms with Crippen molar-refractivity contribution in [3.8, 4) is 0 Å². The van der Waals surface area contributed by atoms with Crippen molar-refractivity contribution in [2.45, 2.75) is 26.3 Å². The SMILES string of the molecule is CCC(C)Nc1cnc(C(=O)N2CCN(c3ncccn3)CC2)cn1. The molecule has 2 aromatic rings. The summed E-state index contributed by atoms with van der Waals surface area (Å²) in [6, 6.07) is 2.12. The molecule has 1 unspecified atom stereocenters. The first kappa shape index (κ1) is 17.1. The van der Waals surface area contributed by atoms with Crippen molar-refractivity contribution >= 4 is 17.7 Å². The van der Waals surface area contributed by atoms with Crippen molar-refractivity contribution in [3.05, 3.63) is 36.5 Å². The van der Waals surface area contributed by atoms with Gasteiger partial charge in [-0.2, -0.15) is 0 Å². The zero-order chi connectivity index (χ0) is 17.6. The highest BCUT2D eigenvalue weighted by Crippen LogP contribution is 2.12. The number of nitrogens with zero attached hydrogens (tertiary/aromatic N) is 6. The minimum absolute atomic E-state index is 0.0868. The molecule has 25 heavy (non-hydrogen) atoms. The largest absolute Gasteiger partial charge is 0.366 e. The zero-order valence-electron chi connectivity index (χ0n) is 14.6.